The zero-order valence-corrected chi connectivity index (χ0v) is 74.6. The van der Waals surface area contributed by atoms with Crippen molar-refractivity contribution in [1.29, 1.82) is 0 Å². The first kappa shape index (κ1) is 84.0. The number of hydrogen-bond acceptors (Lipinski definition) is 13. The zero-order valence-electron chi connectivity index (χ0n) is 74.6. The predicted octanol–water partition coefficient (Wildman–Crippen LogP) is 30.2. The predicted molar refractivity (Wildman–Crippen MR) is 554 cm³/mol. The van der Waals surface area contributed by atoms with Gasteiger partial charge >= 0.3 is 0 Å². The lowest BCUT2D eigenvalue weighted by molar-refractivity contribution is 0.661. The Kier molecular flexibility index (Phi) is 22.9. The zero-order chi connectivity index (χ0) is 92.0. The Morgan fingerprint density at radius 3 is 0.825 bits per heavy atom. The van der Waals surface area contributed by atoms with Crippen LogP contribution in [0.3, 0.4) is 0 Å². The second kappa shape index (κ2) is 37.4. The van der Waals surface area contributed by atoms with Crippen molar-refractivity contribution < 1.29 is 0 Å². The molecule has 14 nitrogen and oxygen atoms in total. The summed E-state index contributed by atoms with van der Waals surface area (Å²) in [4.78, 5) is 64.7. The fraction of sp³-hybridized carbons (Fsp3) is 0.0244. The molecule has 0 saturated carbocycles. The lowest BCUT2D eigenvalue weighted by Gasteiger charge is -2.22. The fourth-order valence-corrected chi connectivity index (χ4v) is 18.4. The van der Waals surface area contributed by atoms with Crippen molar-refractivity contribution in [3.63, 3.8) is 0 Å². The molecule has 23 aromatic rings. The van der Waals surface area contributed by atoms with E-state index in [1.54, 1.807) is 18.9 Å². The second-order valence-corrected chi connectivity index (χ2v) is 34.0. The van der Waals surface area contributed by atoms with Crippen LogP contribution >= 0.6 is 0 Å². The van der Waals surface area contributed by atoms with E-state index in [2.05, 4.69) is 275 Å². The van der Waals surface area contributed by atoms with Crippen molar-refractivity contribution in [3.05, 3.63) is 485 Å². The van der Waals surface area contributed by atoms with Crippen LogP contribution in [0.4, 0.5) is 5.69 Å². The lowest BCUT2D eigenvalue weighted by atomic mass is 9.82. The highest BCUT2D eigenvalue weighted by molar-refractivity contribution is 6.08. The average Bonchev–Trinajstić information content (AvgIpc) is 1.56. The summed E-state index contributed by atoms with van der Waals surface area (Å²) in [5.41, 5.74) is 29.8. The fourth-order valence-electron chi connectivity index (χ4n) is 18.4. The minimum atomic E-state index is -0.174. The van der Waals surface area contributed by atoms with Gasteiger partial charge in [-0.15, -0.1) is 0 Å². The maximum Gasteiger partial charge on any atom is 0.187 e. The molecule has 0 amide bonds. The van der Waals surface area contributed by atoms with Gasteiger partial charge in [-0.05, 0) is 134 Å². The highest BCUT2D eigenvalue weighted by atomic mass is 15.1. The van der Waals surface area contributed by atoms with E-state index in [0.717, 1.165) is 122 Å². The molecule has 0 saturated heterocycles. The molecule has 137 heavy (non-hydrogen) atoms. The quantitative estimate of drug-likeness (QED) is 0.0838. The topological polar surface area (TPSA) is 172 Å². The van der Waals surface area contributed by atoms with Gasteiger partial charge in [-0.25, -0.2) is 69.6 Å². The molecule has 0 spiro atoms. The Hall–Kier alpha value is -18.6. The SMILES string of the molecule is [C-]#[N+]c1ccc2c(c1)C(C)(C)c1cccc(-c3ccc(-c4ccc(-c5ccc(-c6nc(-c7ccccc7)nc(-c7ccccc7)n6)cc5)c5ccccc45)cc3)c1-2.c1ccc(-c2nc(-c3ccccc3)nc(-c3ccc(-c4ccc(-c5ccncn5)cc4)c4ccccc34)n2)cc1.c1ccc(-c2nc(-c3ccccc3)nc(-c3ccc(-c4ccc(-c5cncnc5)cc4)c4ccccc34)n2)cc1. The van der Waals surface area contributed by atoms with Crippen LogP contribution in [0.1, 0.15) is 25.0 Å². The third-order valence-electron chi connectivity index (χ3n) is 25.3. The Bertz CT molecular complexity index is 7950. The van der Waals surface area contributed by atoms with E-state index in [4.69, 9.17) is 51.4 Å². The van der Waals surface area contributed by atoms with E-state index in [1.165, 1.54) is 60.8 Å². The minimum Gasteiger partial charge on any atom is -0.245 e. The minimum absolute atomic E-state index is 0.174. The van der Waals surface area contributed by atoms with Gasteiger partial charge in [-0.2, -0.15) is 0 Å². The van der Waals surface area contributed by atoms with Crippen molar-refractivity contribution in [1.82, 2.24) is 64.8 Å². The number of fused-ring (bicyclic) bond motifs is 6. The first-order valence-electron chi connectivity index (χ1n) is 45.4. The number of hydrogen-bond donors (Lipinski definition) is 0. The smallest absolute Gasteiger partial charge is 0.187 e. The van der Waals surface area contributed by atoms with Crippen LogP contribution < -0.4 is 0 Å². The van der Waals surface area contributed by atoms with Crippen LogP contribution in [0.25, 0.3) is 229 Å². The molecule has 0 fully saturated rings. The molecular weight excluding hydrogens is 1670 g/mol. The maximum atomic E-state index is 7.58. The summed E-state index contributed by atoms with van der Waals surface area (Å²) in [6.07, 6.45) is 8.53. The molecule has 0 unspecified atom stereocenters. The monoisotopic (exact) mass is 1750 g/mol. The molecule has 5 heterocycles. The second-order valence-electron chi connectivity index (χ2n) is 34.0. The first-order valence-corrected chi connectivity index (χ1v) is 45.4. The molecular formula is C123H82N14. The summed E-state index contributed by atoms with van der Waals surface area (Å²) >= 11 is 0. The molecule has 1 aliphatic rings. The van der Waals surface area contributed by atoms with Crippen molar-refractivity contribution in [3.8, 4) is 192 Å². The van der Waals surface area contributed by atoms with E-state index < -0.39 is 0 Å². The molecule has 0 atom stereocenters. The summed E-state index contributed by atoms with van der Waals surface area (Å²) in [7, 11) is 0. The van der Waals surface area contributed by atoms with Crippen LogP contribution in [-0.2, 0) is 5.41 Å². The van der Waals surface area contributed by atoms with Gasteiger partial charge in [0.15, 0.2) is 58.1 Å². The molecule has 5 aromatic heterocycles. The third-order valence-corrected chi connectivity index (χ3v) is 25.3. The third kappa shape index (κ3) is 17.1. The molecule has 0 aliphatic heterocycles. The van der Waals surface area contributed by atoms with Gasteiger partial charge in [-0.3, -0.25) is 0 Å². The number of benzene rings is 18. The van der Waals surface area contributed by atoms with Gasteiger partial charge in [0.25, 0.3) is 0 Å². The number of nitrogens with zero attached hydrogens (tertiary/aromatic N) is 14. The van der Waals surface area contributed by atoms with Crippen molar-refractivity contribution in [2.24, 2.45) is 0 Å². The Morgan fingerprint density at radius 2 is 0.489 bits per heavy atom. The normalized spacial score (nSPS) is 11.6. The van der Waals surface area contributed by atoms with Gasteiger partial charge in [0.1, 0.15) is 12.7 Å². The van der Waals surface area contributed by atoms with E-state index in [1.807, 2.05) is 207 Å². The Morgan fingerprint density at radius 1 is 0.204 bits per heavy atom. The van der Waals surface area contributed by atoms with E-state index >= 15 is 0 Å². The summed E-state index contributed by atoms with van der Waals surface area (Å²) in [5, 5.41) is 6.85. The van der Waals surface area contributed by atoms with Gasteiger partial charge in [0, 0.05) is 85.2 Å². The number of aromatic nitrogens is 13. The van der Waals surface area contributed by atoms with Gasteiger partial charge < -0.3 is 0 Å². The largest absolute Gasteiger partial charge is 0.245 e. The van der Waals surface area contributed by atoms with Crippen molar-refractivity contribution in [2.75, 3.05) is 0 Å². The van der Waals surface area contributed by atoms with E-state index in [0.29, 0.717) is 58.1 Å². The molecule has 14 heteroatoms. The van der Waals surface area contributed by atoms with Crippen LogP contribution in [0.2, 0.25) is 0 Å². The number of rotatable bonds is 16. The van der Waals surface area contributed by atoms with Crippen molar-refractivity contribution >= 4 is 38.0 Å². The highest BCUT2D eigenvalue weighted by Gasteiger charge is 2.37. The maximum absolute atomic E-state index is 7.58. The lowest BCUT2D eigenvalue weighted by Crippen LogP contribution is -2.14. The van der Waals surface area contributed by atoms with Gasteiger partial charge in [0.2, 0.25) is 0 Å². The molecule has 644 valence electrons. The van der Waals surface area contributed by atoms with Crippen LogP contribution in [0.15, 0.2) is 462 Å². The average molecular weight is 1760 g/mol. The summed E-state index contributed by atoms with van der Waals surface area (Å²) in [6, 6.07) is 148. The molecule has 1 aliphatic carbocycles. The standard InChI is InChI=1S/C53H36N4.2C35H23N5/c1-53(2)47-20-12-19-43(49(47)46-30-29-40(54-3)33-48(46)53)36-23-21-34(22-24-36)41-31-32-42(45-18-11-10-17-44(41)45)35-25-27-39(28-26-35)52-56-50(37-13-6-4-7-14-37)55-51(57-52)38-15-8-5-9-16-38;1-3-9-26(10-4-1)33-38-34(27-11-5-2-6-12-27)40-35(39-33)32-20-19-29(30-13-7-8-14-31(30)32)25-17-15-24(16-18-25)28-21-36-23-37-22-28;1-3-9-26(10-4-1)33-38-34(27-11-5-2-6-12-27)40-35(39-33)31-20-19-28(29-13-7-8-14-30(29)31)24-15-17-25(18-16-24)32-21-22-36-23-37-32/h4-33H,1-2H3;2*1-23H. The molecule has 0 radical (unpaired) electrons. The Balaban J connectivity index is 0.000000122. The molecule has 0 bridgehead atoms. The highest BCUT2D eigenvalue weighted by Crippen LogP contribution is 2.54. The van der Waals surface area contributed by atoms with E-state index in [9.17, 15) is 0 Å². The summed E-state index contributed by atoms with van der Waals surface area (Å²) in [6.45, 7) is 12.1. The van der Waals surface area contributed by atoms with Crippen LogP contribution in [0, 0.1) is 6.57 Å². The molecule has 24 rings (SSSR count). The van der Waals surface area contributed by atoms with Gasteiger partial charge in [0.05, 0.1) is 12.3 Å². The van der Waals surface area contributed by atoms with Crippen LogP contribution in [-0.4, -0.2) is 64.8 Å². The summed E-state index contributed by atoms with van der Waals surface area (Å²) < 4.78 is 0. The van der Waals surface area contributed by atoms with Crippen LogP contribution in [0.5, 0.6) is 0 Å². The Labute approximate surface area is 792 Å². The van der Waals surface area contributed by atoms with Crippen molar-refractivity contribution in [2.45, 2.75) is 19.3 Å². The molecule has 0 N–H and O–H groups in total. The first-order chi connectivity index (χ1) is 67.6. The van der Waals surface area contributed by atoms with E-state index in [-0.39, 0.29) is 5.41 Å². The molecule has 18 aromatic carbocycles. The van der Waals surface area contributed by atoms with Gasteiger partial charge in [-0.1, -0.05) is 426 Å². The summed E-state index contributed by atoms with van der Waals surface area (Å²) in [5.74, 6) is 5.84.